The van der Waals surface area contributed by atoms with Crippen LogP contribution in [-0.2, 0) is 13.1 Å². The summed E-state index contributed by atoms with van der Waals surface area (Å²) in [6, 6.07) is 4.03. The lowest BCUT2D eigenvalue weighted by Crippen LogP contribution is -2.13. The molecular formula is C12H16N4. The molecule has 2 heterocycles. The van der Waals surface area contributed by atoms with Crippen LogP contribution in [0.2, 0.25) is 0 Å². The highest BCUT2D eigenvalue weighted by atomic mass is 15.1. The first kappa shape index (κ1) is 10.8. The Bertz CT molecular complexity index is 428. The molecule has 4 heteroatoms. The first-order valence-electron chi connectivity index (χ1n) is 5.37. The van der Waals surface area contributed by atoms with Gasteiger partial charge >= 0.3 is 0 Å². The maximum Gasteiger partial charge on any atom is 0.0638 e. The van der Waals surface area contributed by atoms with Gasteiger partial charge in [-0.15, -0.1) is 0 Å². The van der Waals surface area contributed by atoms with Crippen LogP contribution < -0.4 is 5.32 Å². The fraction of sp³-hybridized carbons (Fsp3) is 0.333. The average molecular weight is 216 g/mol. The van der Waals surface area contributed by atoms with E-state index in [1.165, 1.54) is 11.1 Å². The predicted octanol–water partition coefficient (Wildman–Crippen LogP) is 1.71. The number of aromatic amines is 1. The number of nitrogens with one attached hydrogen (secondary N) is 2. The van der Waals surface area contributed by atoms with E-state index in [0.29, 0.717) is 0 Å². The Morgan fingerprint density at radius 1 is 1.19 bits per heavy atom. The Balaban J connectivity index is 1.89. The van der Waals surface area contributed by atoms with Gasteiger partial charge in [0, 0.05) is 36.7 Å². The minimum absolute atomic E-state index is 0.844. The molecule has 4 nitrogen and oxygen atoms in total. The lowest BCUT2D eigenvalue weighted by molar-refractivity contribution is 0.687. The van der Waals surface area contributed by atoms with Crippen molar-refractivity contribution in [3.05, 3.63) is 47.0 Å². The van der Waals surface area contributed by atoms with Gasteiger partial charge in [0.25, 0.3) is 0 Å². The molecule has 0 bridgehead atoms. The number of rotatable bonds is 4. The third kappa shape index (κ3) is 2.46. The van der Waals surface area contributed by atoms with Gasteiger partial charge in [0.15, 0.2) is 0 Å². The van der Waals surface area contributed by atoms with Crippen molar-refractivity contribution in [2.24, 2.45) is 0 Å². The highest BCUT2D eigenvalue weighted by Crippen LogP contribution is 2.08. The molecule has 0 aliphatic rings. The summed E-state index contributed by atoms with van der Waals surface area (Å²) in [5, 5.41) is 10.6. The number of aryl methyl sites for hydroxylation is 2. The van der Waals surface area contributed by atoms with Crippen molar-refractivity contribution >= 4 is 0 Å². The third-order valence-corrected chi connectivity index (χ3v) is 2.66. The van der Waals surface area contributed by atoms with E-state index in [1.54, 1.807) is 0 Å². The van der Waals surface area contributed by atoms with E-state index in [-0.39, 0.29) is 0 Å². The van der Waals surface area contributed by atoms with Crippen LogP contribution in [0.3, 0.4) is 0 Å². The summed E-state index contributed by atoms with van der Waals surface area (Å²) < 4.78 is 0. The Labute approximate surface area is 95.1 Å². The monoisotopic (exact) mass is 216 g/mol. The van der Waals surface area contributed by atoms with Crippen LogP contribution in [0.1, 0.15) is 22.5 Å². The molecule has 2 aromatic heterocycles. The van der Waals surface area contributed by atoms with E-state index in [0.717, 1.165) is 24.5 Å². The first-order chi connectivity index (χ1) is 7.77. The first-order valence-corrected chi connectivity index (χ1v) is 5.37. The maximum atomic E-state index is 4.17. The fourth-order valence-corrected chi connectivity index (χ4v) is 1.67. The van der Waals surface area contributed by atoms with Crippen LogP contribution in [0.25, 0.3) is 0 Å². The molecule has 0 saturated carbocycles. The van der Waals surface area contributed by atoms with Crippen molar-refractivity contribution in [2.45, 2.75) is 26.9 Å². The Morgan fingerprint density at radius 2 is 1.94 bits per heavy atom. The predicted molar refractivity (Wildman–Crippen MR) is 62.8 cm³/mol. The van der Waals surface area contributed by atoms with E-state index >= 15 is 0 Å². The molecule has 0 amide bonds. The number of H-pyrrole nitrogens is 1. The molecule has 84 valence electrons. The van der Waals surface area contributed by atoms with Crippen molar-refractivity contribution in [3.8, 4) is 0 Å². The molecule has 0 saturated heterocycles. The van der Waals surface area contributed by atoms with E-state index in [2.05, 4.69) is 20.5 Å². The molecule has 0 radical (unpaired) electrons. The van der Waals surface area contributed by atoms with Gasteiger partial charge in [0.05, 0.1) is 5.69 Å². The Kier molecular flexibility index (Phi) is 3.31. The van der Waals surface area contributed by atoms with E-state index < -0.39 is 0 Å². The molecule has 0 spiro atoms. The molecule has 0 aromatic carbocycles. The van der Waals surface area contributed by atoms with E-state index in [9.17, 15) is 0 Å². The number of hydrogen-bond donors (Lipinski definition) is 2. The largest absolute Gasteiger partial charge is 0.308 e. The molecule has 2 aromatic rings. The second-order valence-electron chi connectivity index (χ2n) is 3.87. The molecule has 2 rings (SSSR count). The molecular weight excluding hydrogens is 200 g/mol. The third-order valence-electron chi connectivity index (χ3n) is 2.66. The summed E-state index contributed by atoms with van der Waals surface area (Å²) in [5.41, 5.74) is 4.71. The van der Waals surface area contributed by atoms with Gasteiger partial charge < -0.3 is 5.32 Å². The minimum Gasteiger partial charge on any atom is -0.308 e. The normalized spacial score (nSPS) is 10.6. The molecule has 0 fully saturated rings. The van der Waals surface area contributed by atoms with Gasteiger partial charge in [-0.25, -0.2) is 0 Å². The van der Waals surface area contributed by atoms with Crippen molar-refractivity contribution in [1.29, 1.82) is 0 Å². The topological polar surface area (TPSA) is 53.6 Å². The number of pyridine rings is 1. The zero-order chi connectivity index (χ0) is 11.4. The Hall–Kier alpha value is -1.68. The lowest BCUT2D eigenvalue weighted by Gasteiger charge is -2.04. The lowest BCUT2D eigenvalue weighted by atomic mass is 10.2. The quantitative estimate of drug-likeness (QED) is 0.818. The molecule has 0 atom stereocenters. The smallest absolute Gasteiger partial charge is 0.0638 e. The van der Waals surface area contributed by atoms with Crippen LogP contribution in [-0.4, -0.2) is 15.2 Å². The Morgan fingerprint density at radius 3 is 2.56 bits per heavy atom. The molecule has 2 N–H and O–H groups in total. The van der Waals surface area contributed by atoms with E-state index in [1.807, 2.05) is 38.4 Å². The zero-order valence-electron chi connectivity index (χ0n) is 9.62. The fourth-order valence-electron chi connectivity index (χ4n) is 1.67. The summed E-state index contributed by atoms with van der Waals surface area (Å²) in [6.07, 6.45) is 3.62. The highest BCUT2D eigenvalue weighted by Gasteiger charge is 2.04. The van der Waals surface area contributed by atoms with Crippen molar-refractivity contribution in [3.63, 3.8) is 0 Å². The van der Waals surface area contributed by atoms with Gasteiger partial charge in [-0.1, -0.05) is 0 Å². The summed E-state index contributed by atoms with van der Waals surface area (Å²) in [7, 11) is 0. The van der Waals surface area contributed by atoms with Crippen molar-refractivity contribution < 1.29 is 0 Å². The van der Waals surface area contributed by atoms with Gasteiger partial charge in [-0.3, -0.25) is 10.1 Å². The second-order valence-corrected chi connectivity index (χ2v) is 3.87. The van der Waals surface area contributed by atoms with Crippen molar-refractivity contribution in [2.75, 3.05) is 0 Å². The van der Waals surface area contributed by atoms with E-state index in [4.69, 9.17) is 0 Å². The van der Waals surface area contributed by atoms with Crippen LogP contribution in [0.4, 0.5) is 0 Å². The average Bonchev–Trinajstić information content (AvgIpc) is 2.62. The minimum atomic E-state index is 0.844. The number of nitrogens with zero attached hydrogens (tertiary/aromatic N) is 2. The standard InChI is InChI=1S/C12H16N4/c1-9-12(10(2)16-15-9)8-14-7-11-3-5-13-6-4-11/h3-6,14H,7-8H2,1-2H3,(H,15,16). The summed E-state index contributed by atoms with van der Waals surface area (Å²) in [5.74, 6) is 0. The number of hydrogen-bond acceptors (Lipinski definition) is 3. The van der Waals surface area contributed by atoms with Crippen LogP contribution >= 0.6 is 0 Å². The van der Waals surface area contributed by atoms with Gasteiger partial charge in [-0.05, 0) is 31.5 Å². The number of aromatic nitrogens is 3. The summed E-state index contributed by atoms with van der Waals surface area (Å²) in [6.45, 7) is 5.76. The molecule has 0 aliphatic heterocycles. The molecule has 16 heavy (non-hydrogen) atoms. The molecule has 0 aliphatic carbocycles. The van der Waals surface area contributed by atoms with Crippen LogP contribution in [0.5, 0.6) is 0 Å². The van der Waals surface area contributed by atoms with Gasteiger partial charge in [0.2, 0.25) is 0 Å². The SMILES string of the molecule is Cc1n[nH]c(C)c1CNCc1ccncc1. The zero-order valence-corrected chi connectivity index (χ0v) is 9.62. The summed E-state index contributed by atoms with van der Waals surface area (Å²) >= 11 is 0. The second kappa shape index (κ2) is 4.90. The van der Waals surface area contributed by atoms with Gasteiger partial charge in [-0.2, -0.15) is 5.10 Å². The van der Waals surface area contributed by atoms with Gasteiger partial charge in [0.1, 0.15) is 0 Å². The van der Waals surface area contributed by atoms with Crippen LogP contribution in [0.15, 0.2) is 24.5 Å². The molecule has 0 unspecified atom stereocenters. The van der Waals surface area contributed by atoms with Crippen LogP contribution in [0, 0.1) is 13.8 Å². The van der Waals surface area contributed by atoms with Crippen molar-refractivity contribution in [1.82, 2.24) is 20.5 Å². The maximum absolute atomic E-state index is 4.17. The highest BCUT2D eigenvalue weighted by molar-refractivity contribution is 5.23. The summed E-state index contributed by atoms with van der Waals surface area (Å²) in [4.78, 5) is 3.99.